The van der Waals surface area contributed by atoms with Crippen molar-refractivity contribution >= 4 is 23.3 Å². The van der Waals surface area contributed by atoms with Gasteiger partial charge < -0.3 is 20.7 Å². The van der Waals surface area contributed by atoms with Gasteiger partial charge in [0.15, 0.2) is 0 Å². The summed E-state index contributed by atoms with van der Waals surface area (Å²) in [6.07, 6.45) is 0. The van der Waals surface area contributed by atoms with Gasteiger partial charge in [0, 0.05) is 18.8 Å². The summed E-state index contributed by atoms with van der Waals surface area (Å²) >= 11 is 0. The number of carbonyl (C=O) groups excluding carboxylic acids is 2. The van der Waals surface area contributed by atoms with Gasteiger partial charge >= 0.3 is 5.97 Å². The molecule has 0 atom stereocenters. The van der Waals surface area contributed by atoms with Gasteiger partial charge in [-0.25, -0.2) is 4.79 Å². The largest absolute Gasteiger partial charge is 0.462 e. The maximum atomic E-state index is 12.0. The smallest absolute Gasteiger partial charge is 0.340 e. The molecule has 0 aromatic heterocycles. The van der Waals surface area contributed by atoms with Crippen molar-refractivity contribution in [1.82, 2.24) is 5.32 Å². The fraction of sp³-hybridized carbons (Fsp3) is 0.467. The molecule has 116 valence electrons. The van der Waals surface area contributed by atoms with E-state index in [4.69, 9.17) is 10.5 Å². The molecular weight excluding hydrogens is 270 g/mol. The maximum Gasteiger partial charge on any atom is 0.340 e. The summed E-state index contributed by atoms with van der Waals surface area (Å²) in [5.41, 5.74) is 7.17. The minimum atomic E-state index is -0.448. The molecule has 0 aliphatic heterocycles. The van der Waals surface area contributed by atoms with Crippen molar-refractivity contribution in [3.63, 3.8) is 0 Å². The second-order valence-electron chi connectivity index (χ2n) is 5.08. The number of likely N-dealkylation sites (N-methyl/N-ethyl adjacent to an activating group) is 1. The third kappa shape index (κ3) is 4.98. The molecule has 0 heterocycles. The highest BCUT2D eigenvalue weighted by Gasteiger charge is 2.17. The van der Waals surface area contributed by atoms with E-state index in [1.807, 2.05) is 13.8 Å². The van der Waals surface area contributed by atoms with Crippen LogP contribution in [0.2, 0.25) is 0 Å². The van der Waals surface area contributed by atoms with Crippen molar-refractivity contribution in [2.75, 3.05) is 30.8 Å². The number of benzene rings is 1. The molecule has 6 heteroatoms. The maximum absolute atomic E-state index is 12.0. The van der Waals surface area contributed by atoms with Gasteiger partial charge in [-0.2, -0.15) is 0 Å². The lowest BCUT2D eigenvalue weighted by atomic mass is 10.1. The van der Waals surface area contributed by atoms with Crippen molar-refractivity contribution in [2.45, 2.75) is 26.8 Å². The molecule has 1 rings (SSSR count). The van der Waals surface area contributed by atoms with Crippen LogP contribution in [0, 0.1) is 0 Å². The molecule has 0 aliphatic carbocycles. The van der Waals surface area contributed by atoms with E-state index in [0.29, 0.717) is 16.9 Å². The highest BCUT2D eigenvalue weighted by Crippen LogP contribution is 2.23. The molecule has 0 saturated heterocycles. The second kappa shape index (κ2) is 7.52. The standard InChI is InChI=1S/C15H23N3O3/c1-5-21-15(20)12-8-11(16)6-7-13(12)18(4)9-14(19)17-10(2)3/h6-8,10H,5,9,16H2,1-4H3,(H,17,19). The first-order valence-corrected chi connectivity index (χ1v) is 6.92. The highest BCUT2D eigenvalue weighted by atomic mass is 16.5. The first-order valence-electron chi connectivity index (χ1n) is 6.92. The van der Waals surface area contributed by atoms with E-state index < -0.39 is 5.97 Å². The van der Waals surface area contributed by atoms with Gasteiger partial charge in [0.1, 0.15) is 0 Å². The first kappa shape index (κ1) is 16.8. The van der Waals surface area contributed by atoms with Crippen LogP contribution in [0.1, 0.15) is 31.1 Å². The minimum absolute atomic E-state index is 0.0712. The lowest BCUT2D eigenvalue weighted by Crippen LogP contribution is -2.39. The third-order valence-corrected chi connectivity index (χ3v) is 2.76. The molecule has 0 spiro atoms. The van der Waals surface area contributed by atoms with Crippen LogP contribution in [0.25, 0.3) is 0 Å². The number of nitrogen functional groups attached to an aromatic ring is 1. The number of ether oxygens (including phenoxy) is 1. The zero-order valence-electron chi connectivity index (χ0n) is 13.0. The summed E-state index contributed by atoms with van der Waals surface area (Å²) in [6, 6.07) is 5.03. The Bertz CT molecular complexity index is 515. The molecule has 0 saturated carbocycles. The molecule has 1 aromatic carbocycles. The van der Waals surface area contributed by atoms with Gasteiger partial charge in [0.25, 0.3) is 0 Å². The van der Waals surface area contributed by atoms with Crippen molar-refractivity contribution in [1.29, 1.82) is 0 Å². The number of anilines is 2. The number of hydrogen-bond acceptors (Lipinski definition) is 5. The van der Waals surface area contributed by atoms with Gasteiger partial charge in [-0.15, -0.1) is 0 Å². The number of nitrogens with one attached hydrogen (secondary N) is 1. The summed E-state index contributed by atoms with van der Waals surface area (Å²) in [7, 11) is 1.74. The second-order valence-corrected chi connectivity index (χ2v) is 5.08. The third-order valence-electron chi connectivity index (χ3n) is 2.76. The Morgan fingerprint density at radius 1 is 1.38 bits per heavy atom. The predicted molar refractivity (Wildman–Crippen MR) is 83.4 cm³/mol. The molecule has 0 aliphatic rings. The number of amides is 1. The number of rotatable bonds is 6. The van der Waals surface area contributed by atoms with Gasteiger partial charge in [0.2, 0.25) is 5.91 Å². The SMILES string of the molecule is CCOC(=O)c1cc(N)ccc1N(C)CC(=O)NC(C)C. The first-order chi connectivity index (χ1) is 9.85. The van der Waals surface area contributed by atoms with Crippen LogP contribution in [0.5, 0.6) is 0 Å². The topological polar surface area (TPSA) is 84.7 Å². The molecule has 0 radical (unpaired) electrons. The average molecular weight is 293 g/mol. The predicted octanol–water partition coefficient (Wildman–Crippen LogP) is 1.41. The summed E-state index contributed by atoms with van der Waals surface area (Å²) in [5, 5.41) is 2.81. The Balaban J connectivity index is 2.95. The van der Waals surface area contributed by atoms with E-state index in [-0.39, 0.29) is 25.1 Å². The number of carbonyl (C=O) groups is 2. The van der Waals surface area contributed by atoms with E-state index in [2.05, 4.69) is 5.32 Å². The van der Waals surface area contributed by atoms with Crippen LogP contribution < -0.4 is 16.0 Å². The van der Waals surface area contributed by atoms with E-state index in [0.717, 1.165) is 0 Å². The zero-order valence-corrected chi connectivity index (χ0v) is 13.0. The van der Waals surface area contributed by atoms with E-state index >= 15 is 0 Å². The Morgan fingerprint density at radius 2 is 2.05 bits per heavy atom. The highest BCUT2D eigenvalue weighted by molar-refractivity contribution is 5.97. The van der Waals surface area contributed by atoms with E-state index in [9.17, 15) is 9.59 Å². The van der Waals surface area contributed by atoms with Crippen molar-refractivity contribution in [3.05, 3.63) is 23.8 Å². The van der Waals surface area contributed by atoms with E-state index in [1.54, 1.807) is 37.1 Å². The number of esters is 1. The summed E-state index contributed by atoms with van der Waals surface area (Å²) in [4.78, 5) is 25.5. The number of hydrogen-bond donors (Lipinski definition) is 2. The zero-order chi connectivity index (χ0) is 16.0. The number of nitrogens with two attached hydrogens (primary N) is 1. The molecule has 1 amide bonds. The molecule has 3 N–H and O–H groups in total. The molecular formula is C15H23N3O3. The van der Waals surface area contributed by atoms with E-state index in [1.165, 1.54) is 0 Å². The lowest BCUT2D eigenvalue weighted by molar-refractivity contribution is -0.120. The Kier molecular flexibility index (Phi) is 6.02. The van der Waals surface area contributed by atoms with Gasteiger partial charge in [-0.3, -0.25) is 4.79 Å². The monoisotopic (exact) mass is 293 g/mol. The molecule has 1 aromatic rings. The van der Waals surface area contributed by atoms with Gasteiger partial charge in [-0.1, -0.05) is 0 Å². The van der Waals surface area contributed by atoms with Crippen LogP contribution in [0.15, 0.2) is 18.2 Å². The normalized spacial score (nSPS) is 10.3. The Labute approximate surface area is 125 Å². The lowest BCUT2D eigenvalue weighted by Gasteiger charge is -2.22. The average Bonchev–Trinajstić information content (AvgIpc) is 2.37. The van der Waals surface area contributed by atoms with Crippen LogP contribution in [-0.4, -0.2) is 38.1 Å². The number of nitrogens with zero attached hydrogens (tertiary/aromatic N) is 1. The van der Waals surface area contributed by atoms with Crippen LogP contribution in [0.3, 0.4) is 0 Å². The van der Waals surface area contributed by atoms with Crippen molar-refractivity contribution < 1.29 is 14.3 Å². The molecule has 6 nitrogen and oxygen atoms in total. The Hall–Kier alpha value is -2.24. The van der Waals surface area contributed by atoms with Crippen molar-refractivity contribution in [2.24, 2.45) is 0 Å². The fourth-order valence-electron chi connectivity index (χ4n) is 1.93. The fourth-order valence-corrected chi connectivity index (χ4v) is 1.93. The summed E-state index contributed by atoms with van der Waals surface area (Å²) < 4.78 is 5.02. The molecule has 0 bridgehead atoms. The van der Waals surface area contributed by atoms with Gasteiger partial charge in [0.05, 0.1) is 24.4 Å². The van der Waals surface area contributed by atoms with Crippen LogP contribution >= 0.6 is 0 Å². The summed E-state index contributed by atoms with van der Waals surface area (Å²) in [5.74, 6) is -0.560. The molecule has 0 fully saturated rings. The molecule has 21 heavy (non-hydrogen) atoms. The minimum Gasteiger partial charge on any atom is -0.462 e. The quantitative estimate of drug-likeness (QED) is 0.612. The molecule has 0 unspecified atom stereocenters. The van der Waals surface area contributed by atoms with Crippen LogP contribution in [-0.2, 0) is 9.53 Å². The summed E-state index contributed by atoms with van der Waals surface area (Å²) in [6.45, 7) is 5.96. The Morgan fingerprint density at radius 3 is 2.62 bits per heavy atom. The van der Waals surface area contributed by atoms with Crippen LogP contribution in [0.4, 0.5) is 11.4 Å². The van der Waals surface area contributed by atoms with Crippen molar-refractivity contribution in [3.8, 4) is 0 Å². The van der Waals surface area contributed by atoms with Gasteiger partial charge in [-0.05, 0) is 39.0 Å².